The number of amides is 1. The van der Waals surface area contributed by atoms with E-state index in [1.54, 1.807) is 0 Å². The molecule has 6 nitrogen and oxygen atoms in total. The second-order valence-electron chi connectivity index (χ2n) is 5.13. The third-order valence-corrected chi connectivity index (χ3v) is 2.94. The summed E-state index contributed by atoms with van der Waals surface area (Å²) in [7, 11) is 0. The molecule has 0 bridgehead atoms. The number of nitrogens with one attached hydrogen (secondary N) is 3. The Morgan fingerprint density at radius 1 is 1.24 bits per heavy atom. The number of hydrogen-bond acceptors (Lipinski definition) is 4. The van der Waals surface area contributed by atoms with Crippen LogP contribution in [0.2, 0.25) is 0 Å². The normalized spacial score (nSPS) is 10.8. The zero-order valence-corrected chi connectivity index (χ0v) is 12.4. The van der Waals surface area contributed by atoms with Crippen LogP contribution in [0.4, 0.5) is 0 Å². The highest BCUT2D eigenvalue weighted by Gasteiger charge is 2.09. The van der Waals surface area contributed by atoms with Crippen LogP contribution in [0.15, 0.2) is 30.3 Å². The number of nitrogens with zero attached hydrogens (tertiary/aromatic N) is 2. The van der Waals surface area contributed by atoms with Gasteiger partial charge in [0.25, 0.3) is 0 Å². The van der Waals surface area contributed by atoms with E-state index in [1.807, 2.05) is 44.2 Å². The number of H-pyrrole nitrogens is 1. The predicted octanol–water partition coefficient (Wildman–Crippen LogP) is 1.48. The van der Waals surface area contributed by atoms with Crippen molar-refractivity contribution in [3.63, 3.8) is 0 Å². The molecule has 0 saturated heterocycles. The molecule has 0 spiro atoms. The molecule has 1 amide bonds. The summed E-state index contributed by atoms with van der Waals surface area (Å²) in [5.74, 6) is 0.0564. The van der Waals surface area contributed by atoms with Crippen LogP contribution in [0, 0.1) is 0 Å². The fraction of sp³-hybridized carbons (Fsp3) is 0.400. The molecule has 0 aliphatic heterocycles. The minimum atomic E-state index is 0.0564. The molecule has 1 aromatic heterocycles. The van der Waals surface area contributed by atoms with Gasteiger partial charge in [-0.05, 0) is 13.8 Å². The number of hydrogen-bond donors (Lipinski definition) is 3. The van der Waals surface area contributed by atoms with Crippen molar-refractivity contribution >= 4 is 5.91 Å². The summed E-state index contributed by atoms with van der Waals surface area (Å²) in [5.41, 5.74) is 2.72. The van der Waals surface area contributed by atoms with Crippen molar-refractivity contribution in [2.24, 2.45) is 0 Å². The average Bonchev–Trinajstić information content (AvgIpc) is 2.92. The Morgan fingerprint density at radius 3 is 2.71 bits per heavy atom. The van der Waals surface area contributed by atoms with Gasteiger partial charge in [-0.3, -0.25) is 4.79 Å². The van der Waals surface area contributed by atoms with Crippen molar-refractivity contribution in [1.29, 1.82) is 0 Å². The fourth-order valence-electron chi connectivity index (χ4n) is 2.01. The lowest BCUT2D eigenvalue weighted by Gasteiger charge is -2.08. The molecule has 6 heteroatoms. The van der Waals surface area contributed by atoms with E-state index < -0.39 is 0 Å². The molecule has 0 atom stereocenters. The number of aromatic nitrogens is 3. The Bertz CT molecular complexity index is 564. The Labute approximate surface area is 124 Å². The number of rotatable bonds is 7. The van der Waals surface area contributed by atoms with E-state index in [2.05, 4.69) is 26.0 Å². The van der Waals surface area contributed by atoms with Gasteiger partial charge in [0.2, 0.25) is 5.91 Å². The molecule has 2 aromatic rings. The van der Waals surface area contributed by atoms with Gasteiger partial charge in [-0.25, -0.2) is 0 Å². The van der Waals surface area contributed by atoms with Crippen molar-refractivity contribution in [3.05, 3.63) is 36.0 Å². The highest BCUT2D eigenvalue weighted by atomic mass is 16.1. The minimum absolute atomic E-state index is 0.0564. The van der Waals surface area contributed by atoms with Crippen molar-refractivity contribution in [2.75, 3.05) is 6.54 Å². The zero-order chi connectivity index (χ0) is 15.1. The van der Waals surface area contributed by atoms with E-state index in [1.165, 1.54) is 0 Å². The maximum Gasteiger partial charge on any atom is 0.221 e. The first-order chi connectivity index (χ1) is 10.2. The van der Waals surface area contributed by atoms with Crippen LogP contribution in [-0.4, -0.2) is 33.9 Å². The fourth-order valence-corrected chi connectivity index (χ4v) is 2.01. The van der Waals surface area contributed by atoms with E-state index in [0.29, 0.717) is 19.5 Å². The predicted molar refractivity (Wildman–Crippen MR) is 81.4 cm³/mol. The molecule has 1 aromatic carbocycles. The molecule has 0 radical (unpaired) electrons. The maximum atomic E-state index is 11.5. The molecule has 3 N–H and O–H groups in total. The van der Waals surface area contributed by atoms with E-state index in [-0.39, 0.29) is 11.9 Å². The van der Waals surface area contributed by atoms with Gasteiger partial charge in [0.1, 0.15) is 11.4 Å². The van der Waals surface area contributed by atoms with Gasteiger partial charge < -0.3 is 10.6 Å². The summed E-state index contributed by atoms with van der Waals surface area (Å²) in [6, 6.07) is 10.1. The zero-order valence-electron chi connectivity index (χ0n) is 12.4. The van der Waals surface area contributed by atoms with Gasteiger partial charge >= 0.3 is 0 Å². The van der Waals surface area contributed by atoms with Gasteiger partial charge in [-0.1, -0.05) is 30.3 Å². The lowest BCUT2D eigenvalue weighted by atomic mass is 10.1. The minimum Gasteiger partial charge on any atom is -0.354 e. The van der Waals surface area contributed by atoms with Crippen LogP contribution >= 0.6 is 0 Å². The summed E-state index contributed by atoms with van der Waals surface area (Å²) >= 11 is 0. The lowest BCUT2D eigenvalue weighted by Crippen LogP contribution is -2.32. The maximum absolute atomic E-state index is 11.5. The lowest BCUT2D eigenvalue weighted by molar-refractivity contribution is -0.121. The molecule has 2 rings (SSSR count). The van der Waals surface area contributed by atoms with Crippen molar-refractivity contribution < 1.29 is 4.79 Å². The quantitative estimate of drug-likeness (QED) is 0.674. The van der Waals surface area contributed by atoms with Gasteiger partial charge in [-0.2, -0.15) is 15.4 Å². The molecule has 0 aliphatic carbocycles. The number of carbonyl (C=O) groups is 1. The second-order valence-corrected chi connectivity index (χ2v) is 5.13. The van der Waals surface area contributed by atoms with Crippen LogP contribution in [0.5, 0.6) is 0 Å². The third-order valence-electron chi connectivity index (χ3n) is 2.94. The van der Waals surface area contributed by atoms with Crippen LogP contribution in [0.25, 0.3) is 11.3 Å². The highest BCUT2D eigenvalue weighted by molar-refractivity contribution is 5.76. The number of benzene rings is 1. The largest absolute Gasteiger partial charge is 0.354 e. The standard InChI is InChI=1S/C15H21N5O/c1-11(2)17-14(21)8-9-16-10-13-15(19-20-18-13)12-6-4-3-5-7-12/h3-7,11,16H,8-10H2,1-2H3,(H,17,21)(H,18,19,20). The Morgan fingerprint density at radius 2 is 2.00 bits per heavy atom. The number of aromatic amines is 1. The number of carbonyl (C=O) groups excluding carboxylic acids is 1. The van der Waals surface area contributed by atoms with Gasteiger partial charge in [0, 0.05) is 31.1 Å². The van der Waals surface area contributed by atoms with E-state index >= 15 is 0 Å². The summed E-state index contributed by atoms with van der Waals surface area (Å²) in [6.45, 7) is 5.09. The first-order valence-corrected chi connectivity index (χ1v) is 7.12. The monoisotopic (exact) mass is 287 g/mol. The Balaban J connectivity index is 1.82. The van der Waals surface area contributed by atoms with Crippen molar-refractivity contribution in [1.82, 2.24) is 26.0 Å². The van der Waals surface area contributed by atoms with Crippen LogP contribution < -0.4 is 10.6 Å². The molecule has 21 heavy (non-hydrogen) atoms. The second kappa shape index (κ2) is 7.54. The molecule has 0 unspecified atom stereocenters. The first-order valence-electron chi connectivity index (χ1n) is 7.12. The van der Waals surface area contributed by atoms with Crippen molar-refractivity contribution in [3.8, 4) is 11.3 Å². The van der Waals surface area contributed by atoms with E-state index in [0.717, 1.165) is 17.0 Å². The van der Waals surface area contributed by atoms with E-state index in [4.69, 9.17) is 0 Å². The molecule has 0 aliphatic rings. The van der Waals surface area contributed by atoms with Gasteiger partial charge in [0.15, 0.2) is 0 Å². The Hall–Kier alpha value is -2.21. The molecular formula is C15H21N5O. The van der Waals surface area contributed by atoms with Crippen LogP contribution in [-0.2, 0) is 11.3 Å². The molecule has 112 valence electrons. The SMILES string of the molecule is CC(C)NC(=O)CCNCc1n[nH]nc1-c1ccccc1. The smallest absolute Gasteiger partial charge is 0.221 e. The van der Waals surface area contributed by atoms with Crippen molar-refractivity contribution in [2.45, 2.75) is 32.9 Å². The molecular weight excluding hydrogens is 266 g/mol. The van der Waals surface area contributed by atoms with Crippen LogP contribution in [0.3, 0.4) is 0 Å². The topological polar surface area (TPSA) is 82.7 Å². The molecule has 1 heterocycles. The third kappa shape index (κ3) is 4.68. The Kier molecular flexibility index (Phi) is 5.45. The molecule has 0 saturated carbocycles. The highest BCUT2D eigenvalue weighted by Crippen LogP contribution is 2.18. The summed E-state index contributed by atoms with van der Waals surface area (Å²) in [6.07, 6.45) is 0.455. The first kappa shape index (κ1) is 15.2. The summed E-state index contributed by atoms with van der Waals surface area (Å²) < 4.78 is 0. The van der Waals surface area contributed by atoms with E-state index in [9.17, 15) is 4.79 Å². The van der Waals surface area contributed by atoms with Gasteiger partial charge in [-0.15, -0.1) is 0 Å². The van der Waals surface area contributed by atoms with Gasteiger partial charge in [0.05, 0.1) is 0 Å². The summed E-state index contributed by atoms with van der Waals surface area (Å²) in [5, 5.41) is 17.1. The van der Waals surface area contributed by atoms with Crippen LogP contribution in [0.1, 0.15) is 26.0 Å². The summed E-state index contributed by atoms with van der Waals surface area (Å²) in [4.78, 5) is 11.5. The molecule has 0 fully saturated rings. The average molecular weight is 287 g/mol.